The first-order valence-corrected chi connectivity index (χ1v) is 8.80. The van der Waals surface area contributed by atoms with Crippen molar-refractivity contribution in [2.75, 3.05) is 0 Å². The van der Waals surface area contributed by atoms with Gasteiger partial charge in [-0.1, -0.05) is 25.2 Å². The summed E-state index contributed by atoms with van der Waals surface area (Å²) in [5, 5.41) is 10.7. The molecule has 3 aliphatic rings. The Labute approximate surface area is 151 Å². The first kappa shape index (κ1) is 17.1. The zero-order valence-corrected chi connectivity index (χ0v) is 14.8. The normalized spacial score (nSPS) is 38.9. The number of esters is 2. The summed E-state index contributed by atoms with van der Waals surface area (Å²) in [5.74, 6) is -1.51. The SMILES string of the molecule is C=C1C(=O)O[C@H]2[C@H]1[C@H](OC(=O)c1ccoc1)C[C@@]1(C)[C@H](O)CC=C(C)[C@H]21. The van der Waals surface area contributed by atoms with Gasteiger partial charge in [-0.3, -0.25) is 0 Å². The Kier molecular flexibility index (Phi) is 3.84. The topological polar surface area (TPSA) is 86.0 Å². The molecule has 0 aromatic carbocycles. The lowest BCUT2D eigenvalue weighted by atomic mass is 9.54. The average molecular weight is 358 g/mol. The van der Waals surface area contributed by atoms with Gasteiger partial charge >= 0.3 is 11.9 Å². The van der Waals surface area contributed by atoms with Gasteiger partial charge < -0.3 is 19.0 Å². The van der Waals surface area contributed by atoms with Crippen molar-refractivity contribution >= 4 is 11.9 Å². The Hall–Kier alpha value is -2.34. The average Bonchev–Trinajstić information content (AvgIpc) is 3.21. The van der Waals surface area contributed by atoms with Crippen LogP contribution in [0, 0.1) is 17.3 Å². The highest BCUT2D eigenvalue weighted by Gasteiger charge is 2.61. The number of aliphatic hydroxyl groups excluding tert-OH is 1. The van der Waals surface area contributed by atoms with Crippen molar-refractivity contribution in [3.63, 3.8) is 0 Å². The minimum absolute atomic E-state index is 0.122. The molecule has 1 N–H and O–H groups in total. The van der Waals surface area contributed by atoms with Crippen molar-refractivity contribution in [3.8, 4) is 0 Å². The van der Waals surface area contributed by atoms with Gasteiger partial charge in [0.2, 0.25) is 0 Å². The van der Waals surface area contributed by atoms with Crippen LogP contribution in [0.4, 0.5) is 0 Å². The second kappa shape index (κ2) is 5.84. The van der Waals surface area contributed by atoms with Gasteiger partial charge in [0.15, 0.2) is 0 Å². The van der Waals surface area contributed by atoms with Gasteiger partial charge in [0.1, 0.15) is 18.5 Å². The van der Waals surface area contributed by atoms with Gasteiger partial charge in [0, 0.05) is 16.9 Å². The van der Waals surface area contributed by atoms with Crippen LogP contribution in [0.5, 0.6) is 0 Å². The van der Waals surface area contributed by atoms with Crippen LogP contribution < -0.4 is 0 Å². The van der Waals surface area contributed by atoms with Crippen LogP contribution in [0.1, 0.15) is 37.0 Å². The molecule has 0 bridgehead atoms. The monoisotopic (exact) mass is 358 g/mol. The number of carbonyl (C=O) groups is 2. The molecule has 6 atom stereocenters. The Morgan fingerprint density at radius 1 is 1.46 bits per heavy atom. The highest BCUT2D eigenvalue weighted by molar-refractivity contribution is 5.92. The molecule has 0 unspecified atom stereocenters. The third-order valence-electron chi connectivity index (χ3n) is 6.27. The quantitative estimate of drug-likeness (QED) is 0.497. The van der Waals surface area contributed by atoms with E-state index in [1.165, 1.54) is 18.6 Å². The fourth-order valence-corrected chi connectivity index (χ4v) is 4.90. The molecule has 4 rings (SSSR count). The van der Waals surface area contributed by atoms with Gasteiger partial charge in [-0.05, 0) is 25.8 Å². The molecule has 2 fully saturated rings. The molecule has 2 aliphatic carbocycles. The van der Waals surface area contributed by atoms with E-state index in [1.807, 2.05) is 19.9 Å². The highest BCUT2D eigenvalue weighted by Crippen LogP contribution is 2.56. The summed E-state index contributed by atoms with van der Waals surface area (Å²) < 4.78 is 16.3. The zero-order valence-electron chi connectivity index (χ0n) is 14.8. The van der Waals surface area contributed by atoms with Gasteiger partial charge in [0.05, 0.1) is 23.8 Å². The smallest absolute Gasteiger partial charge is 0.341 e. The van der Waals surface area contributed by atoms with Crippen LogP contribution in [-0.2, 0) is 14.3 Å². The van der Waals surface area contributed by atoms with E-state index >= 15 is 0 Å². The van der Waals surface area contributed by atoms with E-state index in [2.05, 4.69) is 6.58 Å². The number of fused-ring (bicyclic) bond motifs is 3. The molecule has 1 saturated carbocycles. The molecule has 6 heteroatoms. The van der Waals surface area contributed by atoms with Crippen LogP contribution in [-0.4, -0.2) is 35.4 Å². The molecule has 1 aromatic rings. The molecule has 1 aliphatic heterocycles. The number of rotatable bonds is 2. The van der Waals surface area contributed by atoms with Gasteiger partial charge in [0.25, 0.3) is 0 Å². The number of carbonyl (C=O) groups excluding carboxylic acids is 2. The van der Waals surface area contributed by atoms with Crippen LogP contribution in [0.3, 0.4) is 0 Å². The maximum Gasteiger partial charge on any atom is 0.341 e. The second-order valence-electron chi connectivity index (χ2n) is 7.76. The Balaban J connectivity index is 1.71. The summed E-state index contributed by atoms with van der Waals surface area (Å²) in [4.78, 5) is 24.7. The molecule has 0 radical (unpaired) electrons. The Morgan fingerprint density at radius 3 is 2.92 bits per heavy atom. The van der Waals surface area contributed by atoms with E-state index in [1.54, 1.807) is 0 Å². The lowest BCUT2D eigenvalue weighted by Crippen LogP contribution is -2.57. The maximum absolute atomic E-state index is 12.4. The van der Waals surface area contributed by atoms with Crippen molar-refractivity contribution in [1.82, 2.24) is 0 Å². The van der Waals surface area contributed by atoms with E-state index in [0.717, 1.165) is 5.57 Å². The fraction of sp³-hybridized carbons (Fsp3) is 0.500. The van der Waals surface area contributed by atoms with E-state index in [9.17, 15) is 14.7 Å². The summed E-state index contributed by atoms with van der Waals surface area (Å²) in [5.41, 5.74) is 1.18. The van der Waals surface area contributed by atoms with Crippen molar-refractivity contribution in [2.45, 2.75) is 45.0 Å². The summed E-state index contributed by atoms with van der Waals surface area (Å²) in [6.45, 7) is 7.85. The fourth-order valence-electron chi connectivity index (χ4n) is 4.90. The molecule has 0 spiro atoms. The lowest BCUT2D eigenvalue weighted by molar-refractivity contribution is -0.158. The number of hydrogen-bond donors (Lipinski definition) is 1. The lowest BCUT2D eigenvalue weighted by Gasteiger charge is -2.53. The van der Waals surface area contributed by atoms with Gasteiger partial charge in [-0.15, -0.1) is 0 Å². The first-order valence-electron chi connectivity index (χ1n) is 8.80. The van der Waals surface area contributed by atoms with E-state index in [-0.39, 0.29) is 5.92 Å². The second-order valence-corrected chi connectivity index (χ2v) is 7.76. The predicted octanol–water partition coefficient (Wildman–Crippen LogP) is 2.64. The van der Waals surface area contributed by atoms with Crippen molar-refractivity contribution < 1.29 is 28.6 Å². The number of furan rings is 1. The Morgan fingerprint density at radius 2 is 2.23 bits per heavy atom. The number of ether oxygens (including phenoxy) is 2. The van der Waals surface area contributed by atoms with E-state index in [0.29, 0.717) is 24.0 Å². The number of hydrogen-bond acceptors (Lipinski definition) is 6. The minimum atomic E-state index is -0.597. The molecular weight excluding hydrogens is 336 g/mol. The largest absolute Gasteiger partial charge is 0.472 e. The van der Waals surface area contributed by atoms with Gasteiger partial charge in [-0.25, -0.2) is 9.59 Å². The minimum Gasteiger partial charge on any atom is -0.472 e. The van der Waals surface area contributed by atoms with Crippen molar-refractivity contribution in [3.05, 3.63) is 48.0 Å². The molecule has 138 valence electrons. The molecule has 1 aromatic heterocycles. The van der Waals surface area contributed by atoms with E-state index < -0.39 is 41.6 Å². The summed E-state index contributed by atoms with van der Waals surface area (Å²) in [6.07, 6.45) is 4.02. The highest BCUT2D eigenvalue weighted by atomic mass is 16.6. The van der Waals surface area contributed by atoms with E-state index in [4.69, 9.17) is 13.9 Å². The summed E-state index contributed by atoms with van der Waals surface area (Å²) in [6, 6.07) is 1.53. The molecular formula is C20H22O6. The Bertz CT molecular complexity index is 791. The molecule has 1 saturated heterocycles. The van der Waals surface area contributed by atoms with Crippen molar-refractivity contribution in [2.24, 2.45) is 17.3 Å². The molecule has 2 heterocycles. The summed E-state index contributed by atoms with van der Waals surface area (Å²) in [7, 11) is 0. The first-order chi connectivity index (χ1) is 12.3. The molecule has 0 amide bonds. The van der Waals surface area contributed by atoms with Crippen molar-refractivity contribution in [1.29, 1.82) is 0 Å². The van der Waals surface area contributed by atoms with Crippen LogP contribution in [0.2, 0.25) is 0 Å². The van der Waals surface area contributed by atoms with Crippen LogP contribution in [0.15, 0.2) is 46.8 Å². The standard InChI is InChI=1S/C20H22O6/c1-10-4-5-14(21)20(3)8-13(25-19(23)12-6-7-24-9-12)15-11(2)18(22)26-17(15)16(10)20/h4,6-7,9,13-17,21H,2,5,8H2,1,3H3/t13-,14-,15-,16-,17+,20+/m1/s1. The molecule has 26 heavy (non-hydrogen) atoms. The maximum atomic E-state index is 12.4. The zero-order chi connectivity index (χ0) is 18.6. The summed E-state index contributed by atoms with van der Waals surface area (Å²) >= 11 is 0. The van der Waals surface area contributed by atoms with Crippen LogP contribution >= 0.6 is 0 Å². The third kappa shape index (κ3) is 2.35. The predicted molar refractivity (Wildman–Crippen MR) is 91.0 cm³/mol. The van der Waals surface area contributed by atoms with Gasteiger partial charge in [-0.2, -0.15) is 0 Å². The molecule has 6 nitrogen and oxygen atoms in total. The third-order valence-corrected chi connectivity index (χ3v) is 6.27. The van der Waals surface area contributed by atoms with Crippen LogP contribution in [0.25, 0.3) is 0 Å². The number of aliphatic hydroxyl groups is 1.